The van der Waals surface area contributed by atoms with Crippen molar-refractivity contribution in [3.63, 3.8) is 0 Å². The molecule has 0 saturated heterocycles. The summed E-state index contributed by atoms with van der Waals surface area (Å²) in [6.07, 6.45) is 13.7. The van der Waals surface area contributed by atoms with E-state index in [2.05, 4.69) is 74.7 Å². The minimum absolute atomic E-state index is 0.151. The van der Waals surface area contributed by atoms with E-state index in [1.54, 1.807) is 17.1 Å². The summed E-state index contributed by atoms with van der Waals surface area (Å²) < 4.78 is 11.2. The first-order chi connectivity index (χ1) is 28.5. The van der Waals surface area contributed by atoms with Crippen LogP contribution in [0.2, 0.25) is 25.7 Å². The standard InChI is InChI=1S/C19H19N5O.C15H24N2O3Si.C10H11N3/c25-19(18-17-14-6-13(7-14)8-16(17)22-23-18)21-15-9-20-24(11-15)10-12-4-2-1-3-5-12;1-21(2,3)5-4-20-9-17-12-8-10-6-11(7-10)13(12)14(16-17)15(18)19;11-10-6-12-13(8-10)7-9-4-2-1-3-5-9/h1-5,9,11,13-14H,6-8,10H2,(H,21,25)(H,22,23);10-11H,4-9H2,1-3H3,(H,18,19);1-6,8H,7,11H2. The van der Waals surface area contributed by atoms with Crippen molar-refractivity contribution in [3.05, 3.63) is 130 Å². The summed E-state index contributed by atoms with van der Waals surface area (Å²) in [4.78, 5) is 24.0. The number of ether oxygens (including phenoxy) is 1. The zero-order chi connectivity index (χ0) is 41.1. The van der Waals surface area contributed by atoms with E-state index < -0.39 is 14.0 Å². The fourth-order valence-corrected chi connectivity index (χ4v) is 9.41. The van der Waals surface area contributed by atoms with Crippen LogP contribution in [-0.2, 0) is 37.4 Å². The largest absolute Gasteiger partial charge is 0.476 e. The SMILES string of the molecule is C[Si](C)(C)CCOCn1nc(C(=O)O)c2c1CC1CC2C1.Nc1cnn(Cc2ccccc2)c1.O=C(Nc1cnn(Cc2ccccc2)c1)c1n[nH]c2c1C1CC(C2)C1. The number of nitrogens with two attached hydrogens (primary N) is 1. The van der Waals surface area contributed by atoms with Gasteiger partial charge in [-0.05, 0) is 79.4 Å². The summed E-state index contributed by atoms with van der Waals surface area (Å²) in [6.45, 7) is 9.54. The Kier molecular flexibility index (Phi) is 11.7. The lowest BCUT2D eigenvalue weighted by Gasteiger charge is -2.41. The number of amides is 1. The van der Waals surface area contributed by atoms with Gasteiger partial charge in [-0.1, -0.05) is 80.3 Å². The van der Waals surface area contributed by atoms with Crippen molar-refractivity contribution in [2.24, 2.45) is 11.8 Å². The molecule has 2 saturated carbocycles. The van der Waals surface area contributed by atoms with E-state index >= 15 is 0 Å². The number of H-pyrrole nitrogens is 1. The van der Waals surface area contributed by atoms with E-state index in [0.29, 0.717) is 42.2 Å². The van der Waals surface area contributed by atoms with E-state index in [9.17, 15) is 14.7 Å². The molecule has 12 rings (SSSR count). The predicted molar refractivity (Wildman–Crippen MR) is 228 cm³/mol. The lowest BCUT2D eigenvalue weighted by atomic mass is 9.64. The number of anilines is 2. The van der Waals surface area contributed by atoms with Crippen molar-refractivity contribution in [2.45, 2.75) is 95.9 Å². The lowest BCUT2D eigenvalue weighted by Crippen LogP contribution is -2.32. The van der Waals surface area contributed by atoms with Crippen LogP contribution >= 0.6 is 0 Å². The molecule has 6 aromatic rings. The van der Waals surface area contributed by atoms with Crippen LogP contribution in [-0.4, -0.2) is 71.2 Å². The van der Waals surface area contributed by atoms with Gasteiger partial charge in [-0.25, -0.2) is 9.48 Å². The van der Waals surface area contributed by atoms with Gasteiger partial charge in [0, 0.05) is 49.6 Å². The van der Waals surface area contributed by atoms with Crippen molar-refractivity contribution in [3.8, 4) is 0 Å². The quantitative estimate of drug-likeness (QED) is 0.0722. The number of carboxylic acids is 1. The summed E-state index contributed by atoms with van der Waals surface area (Å²) in [7, 11) is -1.09. The van der Waals surface area contributed by atoms with Gasteiger partial charge in [0.15, 0.2) is 11.4 Å². The fourth-order valence-electron chi connectivity index (χ4n) is 8.65. The molecule has 14 nitrogen and oxygen atoms in total. The minimum Gasteiger partial charge on any atom is -0.476 e. The molecule has 4 aromatic heterocycles. The lowest BCUT2D eigenvalue weighted by molar-refractivity contribution is 0.0668. The first-order valence-electron chi connectivity index (χ1n) is 20.6. The number of nitrogen functional groups attached to an aromatic ring is 1. The second kappa shape index (κ2) is 17.2. The summed E-state index contributed by atoms with van der Waals surface area (Å²) >= 11 is 0. The average molecular weight is 815 g/mol. The van der Waals surface area contributed by atoms with Gasteiger partial charge in [0.1, 0.15) is 6.73 Å². The Morgan fingerprint density at radius 3 is 2.07 bits per heavy atom. The number of nitrogens with zero attached hydrogens (tertiary/aromatic N) is 7. The topological polar surface area (TPSA) is 184 Å². The number of nitrogens with one attached hydrogen (secondary N) is 2. The Hall–Kier alpha value is -5.80. The molecule has 4 heterocycles. The van der Waals surface area contributed by atoms with Gasteiger partial charge >= 0.3 is 5.97 Å². The van der Waals surface area contributed by atoms with Crippen LogP contribution in [0.25, 0.3) is 0 Å². The molecular formula is C44H54N10O4Si. The van der Waals surface area contributed by atoms with Crippen LogP contribution in [0.1, 0.15) is 92.1 Å². The molecule has 2 fully saturated rings. The second-order valence-corrected chi connectivity index (χ2v) is 23.2. The predicted octanol–water partition coefficient (Wildman–Crippen LogP) is 7.41. The molecule has 5 N–H and O–H groups in total. The van der Waals surface area contributed by atoms with Gasteiger partial charge < -0.3 is 20.9 Å². The number of hydrogen-bond acceptors (Lipinski definition) is 8. The first kappa shape index (κ1) is 40.0. The molecule has 0 aliphatic heterocycles. The number of aromatic amines is 1. The molecule has 59 heavy (non-hydrogen) atoms. The van der Waals surface area contributed by atoms with Crippen molar-refractivity contribution in [1.82, 2.24) is 39.5 Å². The third-order valence-electron chi connectivity index (χ3n) is 11.8. The smallest absolute Gasteiger partial charge is 0.356 e. The average Bonchev–Trinajstić information content (AvgIpc) is 4.00. The number of aromatic carboxylic acids is 1. The van der Waals surface area contributed by atoms with Crippen molar-refractivity contribution in [2.75, 3.05) is 17.7 Å². The van der Waals surface area contributed by atoms with E-state index in [0.717, 1.165) is 79.2 Å². The van der Waals surface area contributed by atoms with Gasteiger partial charge in [0.2, 0.25) is 0 Å². The molecule has 6 aliphatic carbocycles. The molecule has 1 amide bonds. The van der Waals surface area contributed by atoms with E-state index in [-0.39, 0.29) is 11.6 Å². The Labute approximate surface area is 345 Å². The molecule has 0 atom stereocenters. The third-order valence-corrected chi connectivity index (χ3v) is 13.5. The van der Waals surface area contributed by atoms with Crippen LogP contribution in [0.4, 0.5) is 11.4 Å². The zero-order valence-electron chi connectivity index (χ0n) is 34.1. The molecule has 0 radical (unpaired) electrons. The van der Waals surface area contributed by atoms with Crippen LogP contribution in [0, 0.1) is 11.8 Å². The van der Waals surface area contributed by atoms with Gasteiger partial charge in [-0.3, -0.25) is 19.3 Å². The molecule has 6 aliphatic rings. The van der Waals surface area contributed by atoms with E-state index in [4.69, 9.17) is 10.5 Å². The van der Waals surface area contributed by atoms with Crippen molar-refractivity contribution in [1.29, 1.82) is 0 Å². The monoisotopic (exact) mass is 814 g/mol. The van der Waals surface area contributed by atoms with E-state index in [1.165, 1.54) is 24.0 Å². The number of benzene rings is 2. The highest BCUT2D eigenvalue weighted by Crippen LogP contribution is 2.51. The number of carboxylic acid groups (broad SMARTS) is 1. The van der Waals surface area contributed by atoms with Crippen molar-refractivity contribution >= 4 is 31.3 Å². The highest BCUT2D eigenvalue weighted by molar-refractivity contribution is 6.76. The number of carbonyl (C=O) groups excluding carboxylic acids is 1. The molecule has 15 heteroatoms. The van der Waals surface area contributed by atoms with Gasteiger partial charge in [-0.2, -0.15) is 20.4 Å². The zero-order valence-corrected chi connectivity index (χ0v) is 35.1. The number of hydrogen-bond donors (Lipinski definition) is 4. The van der Waals surface area contributed by atoms with Crippen LogP contribution in [0.15, 0.2) is 85.5 Å². The second-order valence-electron chi connectivity index (χ2n) is 17.6. The Morgan fingerprint density at radius 2 is 1.46 bits per heavy atom. The Bertz CT molecular complexity index is 2370. The number of carbonyl (C=O) groups is 2. The fraction of sp³-hybridized carbons (Fsp3) is 0.409. The van der Waals surface area contributed by atoms with Crippen LogP contribution in [0.3, 0.4) is 0 Å². The minimum atomic E-state index is -1.09. The maximum absolute atomic E-state index is 12.6. The summed E-state index contributed by atoms with van der Waals surface area (Å²) in [5, 5.41) is 32.4. The van der Waals surface area contributed by atoms with Crippen LogP contribution < -0.4 is 11.1 Å². The van der Waals surface area contributed by atoms with Crippen LogP contribution in [0.5, 0.6) is 0 Å². The number of rotatable bonds is 12. The van der Waals surface area contributed by atoms with Gasteiger partial charge in [-0.15, -0.1) is 0 Å². The molecule has 308 valence electrons. The van der Waals surface area contributed by atoms with Crippen molar-refractivity contribution < 1.29 is 19.4 Å². The summed E-state index contributed by atoms with van der Waals surface area (Å²) in [5.74, 6) is 1.38. The summed E-state index contributed by atoms with van der Waals surface area (Å²) in [6, 6.07) is 21.4. The normalized spacial score (nSPS) is 19.4. The third kappa shape index (κ3) is 9.58. The molecular weight excluding hydrogens is 761 g/mol. The maximum Gasteiger partial charge on any atom is 0.356 e. The molecule has 0 unspecified atom stereocenters. The molecule has 4 bridgehead atoms. The Balaban J connectivity index is 0.000000129. The Morgan fingerprint density at radius 1 is 0.847 bits per heavy atom. The summed E-state index contributed by atoms with van der Waals surface area (Å²) in [5.41, 5.74) is 14.5. The number of aromatic nitrogens is 8. The molecule has 0 spiro atoms. The van der Waals surface area contributed by atoms with Gasteiger partial charge in [0.05, 0.1) is 36.9 Å². The highest BCUT2D eigenvalue weighted by atomic mass is 28.3. The highest BCUT2D eigenvalue weighted by Gasteiger charge is 2.43. The first-order valence-corrected chi connectivity index (χ1v) is 24.3. The maximum atomic E-state index is 12.6. The van der Waals surface area contributed by atoms with E-state index in [1.807, 2.05) is 58.2 Å². The van der Waals surface area contributed by atoms with Gasteiger partial charge in [0.25, 0.3) is 5.91 Å². The molecule has 2 aromatic carbocycles.